The van der Waals surface area contributed by atoms with Crippen LogP contribution in [0.25, 0.3) is 0 Å². The number of hydrogen-bond donors (Lipinski definition) is 4. The summed E-state index contributed by atoms with van der Waals surface area (Å²) in [7, 11) is 1.28. The molecule has 178 valence electrons. The Morgan fingerprint density at radius 1 is 1.06 bits per heavy atom. The fourth-order valence-corrected chi connectivity index (χ4v) is 3.53. The summed E-state index contributed by atoms with van der Waals surface area (Å²) in [6, 6.07) is 12.0. The molecule has 33 heavy (non-hydrogen) atoms. The van der Waals surface area contributed by atoms with Gasteiger partial charge in [0.2, 0.25) is 0 Å². The molecule has 2 rings (SSSR count). The molecule has 2 aromatic rings. The third kappa shape index (κ3) is 7.32. The second-order valence-electron chi connectivity index (χ2n) is 8.58. The van der Waals surface area contributed by atoms with E-state index in [4.69, 9.17) is 4.74 Å². The van der Waals surface area contributed by atoms with Gasteiger partial charge in [0.15, 0.2) is 5.78 Å². The van der Waals surface area contributed by atoms with Gasteiger partial charge in [0.25, 0.3) is 0 Å². The van der Waals surface area contributed by atoms with E-state index in [1.807, 2.05) is 26.0 Å². The lowest BCUT2D eigenvalue weighted by atomic mass is 9.81. The summed E-state index contributed by atoms with van der Waals surface area (Å²) in [6.45, 7) is 6.11. The van der Waals surface area contributed by atoms with E-state index >= 15 is 0 Å². The first-order chi connectivity index (χ1) is 15.5. The van der Waals surface area contributed by atoms with Crippen LogP contribution in [0.3, 0.4) is 0 Å². The highest BCUT2D eigenvalue weighted by atomic mass is 16.5. The number of ketones is 1. The topological polar surface area (TPSA) is 125 Å². The number of phenolic OH excluding ortho intramolecular Hbond substituents is 1. The maximum atomic E-state index is 13.3. The molecule has 1 unspecified atom stereocenters. The Morgan fingerprint density at radius 3 is 2.30 bits per heavy atom. The minimum atomic E-state index is -1.09. The Kier molecular flexibility index (Phi) is 8.99. The fraction of sp³-hybridized carbons (Fsp3) is 0.400. The lowest BCUT2D eigenvalue weighted by molar-refractivity contribution is -0.141. The summed E-state index contributed by atoms with van der Waals surface area (Å²) in [4.78, 5) is 36.5. The maximum absolute atomic E-state index is 13.3. The normalized spacial score (nSPS) is 13.1. The molecule has 2 atom stereocenters. The quantitative estimate of drug-likeness (QED) is 0.283. The fourth-order valence-electron chi connectivity index (χ4n) is 3.53. The van der Waals surface area contributed by atoms with Crippen molar-refractivity contribution >= 4 is 23.4 Å². The first kappa shape index (κ1) is 25.9. The van der Waals surface area contributed by atoms with Crippen molar-refractivity contribution in [3.05, 3.63) is 59.7 Å². The second-order valence-corrected chi connectivity index (χ2v) is 8.58. The number of methoxy groups -OCH3 is 1. The number of carbonyl (C=O) groups excluding carboxylic acids is 2. The Morgan fingerprint density at radius 2 is 1.70 bits per heavy atom. The zero-order chi connectivity index (χ0) is 24.6. The molecule has 0 amide bonds. The summed E-state index contributed by atoms with van der Waals surface area (Å²) in [6.07, 6.45) is 0.264. The number of rotatable bonds is 12. The highest BCUT2D eigenvalue weighted by molar-refractivity contribution is 6.06. The first-order valence-electron chi connectivity index (χ1n) is 10.8. The molecule has 0 saturated carbocycles. The van der Waals surface area contributed by atoms with Crippen molar-refractivity contribution in [3.8, 4) is 5.75 Å². The summed E-state index contributed by atoms with van der Waals surface area (Å²) in [5.74, 6) is -1.76. The van der Waals surface area contributed by atoms with Crippen LogP contribution < -0.4 is 10.6 Å². The lowest BCUT2D eigenvalue weighted by Gasteiger charge is -2.27. The van der Waals surface area contributed by atoms with Gasteiger partial charge in [-0.2, -0.15) is 0 Å². The van der Waals surface area contributed by atoms with Crippen LogP contribution in [-0.2, 0) is 19.7 Å². The molecule has 0 saturated heterocycles. The Bertz CT molecular complexity index is 971. The van der Waals surface area contributed by atoms with E-state index in [2.05, 4.69) is 10.6 Å². The van der Waals surface area contributed by atoms with E-state index in [0.29, 0.717) is 24.2 Å². The molecule has 2 aromatic carbocycles. The molecule has 8 nitrogen and oxygen atoms in total. The largest absolute Gasteiger partial charge is 0.508 e. The Hall–Kier alpha value is -3.39. The molecule has 0 heterocycles. The second kappa shape index (κ2) is 11.5. The number of Topliss-reactive ketones (excluding diaryl/α,β-unsaturated/α-hetero) is 1. The number of carboxylic acids is 1. The maximum Gasteiger partial charge on any atom is 0.327 e. The van der Waals surface area contributed by atoms with Crippen molar-refractivity contribution in [1.29, 1.82) is 0 Å². The van der Waals surface area contributed by atoms with Gasteiger partial charge in [0.1, 0.15) is 11.8 Å². The number of aromatic hydroxyl groups is 1. The minimum Gasteiger partial charge on any atom is -0.508 e. The number of nitrogens with one attached hydrogen (secondary N) is 2. The zero-order valence-electron chi connectivity index (χ0n) is 19.4. The third-order valence-corrected chi connectivity index (χ3v) is 5.60. The number of esters is 1. The van der Waals surface area contributed by atoms with Gasteiger partial charge in [0, 0.05) is 11.3 Å². The van der Waals surface area contributed by atoms with E-state index < -0.39 is 24.0 Å². The van der Waals surface area contributed by atoms with Crippen molar-refractivity contribution < 1.29 is 29.3 Å². The molecule has 0 aliphatic rings. The van der Waals surface area contributed by atoms with E-state index in [1.165, 1.54) is 7.11 Å². The number of ether oxygens (including phenoxy) is 1. The van der Waals surface area contributed by atoms with E-state index in [0.717, 1.165) is 5.56 Å². The Labute approximate surface area is 194 Å². The predicted molar refractivity (Wildman–Crippen MR) is 126 cm³/mol. The van der Waals surface area contributed by atoms with Gasteiger partial charge in [-0.15, -0.1) is 0 Å². The summed E-state index contributed by atoms with van der Waals surface area (Å²) in [5.41, 5.74) is 1.49. The zero-order valence-corrected chi connectivity index (χ0v) is 19.4. The van der Waals surface area contributed by atoms with E-state index in [1.54, 1.807) is 43.3 Å². The van der Waals surface area contributed by atoms with Crippen LogP contribution in [0.2, 0.25) is 0 Å². The number of anilines is 1. The minimum absolute atomic E-state index is 0.189. The molecule has 0 aliphatic heterocycles. The number of benzene rings is 2. The van der Waals surface area contributed by atoms with E-state index in [-0.39, 0.29) is 23.4 Å². The number of hydrogen-bond acceptors (Lipinski definition) is 7. The highest BCUT2D eigenvalue weighted by Crippen LogP contribution is 2.28. The van der Waals surface area contributed by atoms with Crippen LogP contribution in [0.5, 0.6) is 5.75 Å². The molecule has 8 heteroatoms. The molecule has 0 radical (unpaired) electrons. The molecule has 4 N–H and O–H groups in total. The van der Waals surface area contributed by atoms with Crippen LogP contribution in [0, 0.1) is 0 Å². The number of phenols is 1. The standard InChI is InChI=1S/C25H32N2O6/c1-16(24(32)33-4)27-20-8-6-5-7-19(20)23(31)21(15-22(29)30)26-14-13-25(2,3)17-9-11-18(28)12-10-17/h5-12,16,21,26-28H,13-15H2,1-4H3,(H,29,30)/t16?,21-/m0/s1. The van der Waals surface area contributed by atoms with Crippen LogP contribution in [0.15, 0.2) is 48.5 Å². The smallest absolute Gasteiger partial charge is 0.327 e. The molecule has 0 bridgehead atoms. The van der Waals surface area contributed by atoms with Crippen molar-refractivity contribution in [2.24, 2.45) is 0 Å². The molecule has 0 aromatic heterocycles. The van der Waals surface area contributed by atoms with Gasteiger partial charge in [-0.05, 0) is 55.1 Å². The van der Waals surface area contributed by atoms with Gasteiger partial charge in [0.05, 0.1) is 19.6 Å². The molecular formula is C25H32N2O6. The summed E-state index contributed by atoms with van der Waals surface area (Å²) in [5, 5.41) is 24.9. The predicted octanol–water partition coefficient (Wildman–Crippen LogP) is 3.35. The molecular weight excluding hydrogens is 424 g/mol. The molecule has 0 spiro atoms. The summed E-state index contributed by atoms with van der Waals surface area (Å²) < 4.78 is 4.72. The number of carbonyl (C=O) groups is 3. The Balaban J connectivity index is 2.15. The van der Waals surface area contributed by atoms with Crippen LogP contribution in [-0.4, -0.2) is 53.7 Å². The number of carboxylic acid groups (broad SMARTS) is 1. The van der Waals surface area contributed by atoms with Crippen LogP contribution in [0.4, 0.5) is 5.69 Å². The van der Waals surface area contributed by atoms with Crippen LogP contribution in [0.1, 0.15) is 49.5 Å². The number of aliphatic carboxylic acids is 1. The lowest BCUT2D eigenvalue weighted by Crippen LogP contribution is -2.41. The van der Waals surface area contributed by atoms with Crippen molar-refractivity contribution in [2.45, 2.75) is 51.1 Å². The van der Waals surface area contributed by atoms with Gasteiger partial charge in [-0.3, -0.25) is 9.59 Å². The third-order valence-electron chi connectivity index (χ3n) is 5.60. The monoisotopic (exact) mass is 456 g/mol. The molecule has 0 fully saturated rings. The average Bonchev–Trinajstić information content (AvgIpc) is 2.77. The van der Waals surface area contributed by atoms with Crippen molar-refractivity contribution in [1.82, 2.24) is 5.32 Å². The van der Waals surface area contributed by atoms with Gasteiger partial charge < -0.3 is 25.6 Å². The SMILES string of the molecule is COC(=O)C(C)Nc1ccccc1C(=O)[C@H](CC(=O)O)NCCC(C)(C)c1ccc(O)cc1. The van der Waals surface area contributed by atoms with E-state index in [9.17, 15) is 24.6 Å². The van der Waals surface area contributed by atoms with Gasteiger partial charge in [-0.1, -0.05) is 38.1 Å². The average molecular weight is 457 g/mol. The summed E-state index contributed by atoms with van der Waals surface area (Å²) >= 11 is 0. The highest BCUT2D eigenvalue weighted by Gasteiger charge is 2.27. The first-order valence-corrected chi connectivity index (χ1v) is 10.8. The van der Waals surface area contributed by atoms with Crippen molar-refractivity contribution in [3.63, 3.8) is 0 Å². The van der Waals surface area contributed by atoms with Crippen molar-refractivity contribution in [2.75, 3.05) is 19.0 Å². The van der Waals surface area contributed by atoms with Gasteiger partial charge >= 0.3 is 11.9 Å². The van der Waals surface area contributed by atoms with Gasteiger partial charge in [-0.25, -0.2) is 4.79 Å². The number of para-hydroxylation sites is 1. The van der Waals surface area contributed by atoms with Crippen LogP contribution >= 0.6 is 0 Å². The molecule has 0 aliphatic carbocycles.